The molecule has 1 amide bonds. The minimum atomic E-state index is -4.55. The molecular formula is C25H24ClF4N3O2. The first-order valence-electron chi connectivity index (χ1n) is 10.7. The van der Waals surface area contributed by atoms with E-state index in [0.717, 1.165) is 11.6 Å². The third-order valence-electron chi connectivity index (χ3n) is 5.55. The van der Waals surface area contributed by atoms with Crippen LogP contribution in [0.5, 0.6) is 5.75 Å². The summed E-state index contributed by atoms with van der Waals surface area (Å²) in [6.07, 6.45) is -2.94. The third-order valence-corrected chi connectivity index (χ3v) is 5.86. The van der Waals surface area contributed by atoms with E-state index < -0.39 is 23.7 Å². The summed E-state index contributed by atoms with van der Waals surface area (Å²) in [5.41, 5.74) is 0.907. The van der Waals surface area contributed by atoms with Crippen molar-refractivity contribution in [3.8, 4) is 5.75 Å². The summed E-state index contributed by atoms with van der Waals surface area (Å²) >= 11 is 6.15. The van der Waals surface area contributed by atoms with Crippen LogP contribution in [0.3, 0.4) is 0 Å². The number of ether oxygens (including phenoxy) is 1. The van der Waals surface area contributed by atoms with Crippen LogP contribution in [-0.2, 0) is 11.0 Å². The molecule has 0 bridgehead atoms. The maximum Gasteiger partial charge on any atom is 0.433 e. The van der Waals surface area contributed by atoms with Crippen LogP contribution in [0.15, 0.2) is 60.8 Å². The van der Waals surface area contributed by atoms with Gasteiger partial charge in [-0.05, 0) is 60.0 Å². The molecule has 0 spiro atoms. The van der Waals surface area contributed by atoms with Gasteiger partial charge in [0.2, 0.25) is 5.91 Å². The molecule has 0 aliphatic heterocycles. The number of methoxy groups -OCH3 is 1. The van der Waals surface area contributed by atoms with E-state index in [1.165, 1.54) is 50.7 Å². The van der Waals surface area contributed by atoms with Gasteiger partial charge in [0.15, 0.2) is 0 Å². The highest BCUT2D eigenvalue weighted by Gasteiger charge is 2.32. The number of carbonyl (C=O) groups excluding carboxylic acids is 1. The summed E-state index contributed by atoms with van der Waals surface area (Å²) in [5, 5.41) is 6.14. The monoisotopic (exact) mass is 509 g/mol. The standard InChI is InChI=1S/C25H24ClF4N3O2/c1-31-24(34)23(15-3-7-18(27)8-4-15)32-12-11-19(16-5-9-20(26)21(13-16)35-2)17-6-10-22(33-14-17)25(28,29)30/h3-10,13-14,19,23,32H,11-12H2,1-2H3,(H,31,34)/t19-,23+/m0/s1. The van der Waals surface area contributed by atoms with E-state index in [-0.39, 0.29) is 11.8 Å². The van der Waals surface area contributed by atoms with E-state index in [4.69, 9.17) is 16.3 Å². The number of nitrogens with one attached hydrogen (secondary N) is 2. The van der Waals surface area contributed by atoms with E-state index in [2.05, 4.69) is 15.6 Å². The fraction of sp³-hybridized carbons (Fsp3) is 0.280. The van der Waals surface area contributed by atoms with Gasteiger partial charge in [0.1, 0.15) is 23.3 Å². The van der Waals surface area contributed by atoms with Gasteiger partial charge in [0.25, 0.3) is 0 Å². The second kappa shape index (κ2) is 11.5. The summed E-state index contributed by atoms with van der Waals surface area (Å²) in [7, 11) is 2.97. The molecule has 2 N–H and O–H groups in total. The van der Waals surface area contributed by atoms with Crippen molar-refractivity contribution in [3.05, 3.63) is 94.0 Å². The van der Waals surface area contributed by atoms with Gasteiger partial charge in [0.05, 0.1) is 12.1 Å². The molecule has 1 heterocycles. The lowest BCUT2D eigenvalue weighted by Crippen LogP contribution is -2.36. The Morgan fingerprint density at radius 2 is 1.71 bits per heavy atom. The zero-order valence-corrected chi connectivity index (χ0v) is 19.8. The highest BCUT2D eigenvalue weighted by molar-refractivity contribution is 6.32. The molecule has 0 fully saturated rings. The smallest absolute Gasteiger partial charge is 0.433 e. The van der Waals surface area contributed by atoms with Crippen LogP contribution >= 0.6 is 11.6 Å². The number of benzene rings is 2. The van der Waals surface area contributed by atoms with Crippen LogP contribution in [-0.4, -0.2) is 31.6 Å². The molecule has 0 saturated carbocycles. The highest BCUT2D eigenvalue weighted by Crippen LogP contribution is 2.35. The average molecular weight is 510 g/mol. The largest absolute Gasteiger partial charge is 0.495 e. The van der Waals surface area contributed by atoms with Crippen molar-refractivity contribution in [2.45, 2.75) is 24.6 Å². The Morgan fingerprint density at radius 3 is 2.29 bits per heavy atom. The van der Waals surface area contributed by atoms with Crippen LogP contribution in [0.2, 0.25) is 5.02 Å². The SMILES string of the molecule is CNC(=O)[C@H](NCC[C@H](c1ccc(C(F)(F)F)nc1)c1ccc(Cl)c(OC)c1)c1ccc(F)cc1. The molecule has 0 aliphatic carbocycles. The maximum absolute atomic E-state index is 13.3. The summed E-state index contributed by atoms with van der Waals surface area (Å²) in [4.78, 5) is 16.0. The van der Waals surface area contributed by atoms with Gasteiger partial charge in [-0.25, -0.2) is 4.39 Å². The number of hydrogen-bond acceptors (Lipinski definition) is 4. The number of amides is 1. The van der Waals surface area contributed by atoms with Crippen molar-refractivity contribution in [2.75, 3.05) is 20.7 Å². The van der Waals surface area contributed by atoms with Crippen LogP contribution < -0.4 is 15.4 Å². The van der Waals surface area contributed by atoms with Gasteiger partial charge in [0, 0.05) is 19.2 Å². The van der Waals surface area contributed by atoms with Gasteiger partial charge in [-0.1, -0.05) is 35.9 Å². The molecular weight excluding hydrogens is 486 g/mol. The lowest BCUT2D eigenvalue weighted by atomic mass is 9.89. The van der Waals surface area contributed by atoms with E-state index in [1.54, 1.807) is 18.2 Å². The minimum absolute atomic E-state index is 0.308. The average Bonchev–Trinajstić information content (AvgIpc) is 2.84. The third kappa shape index (κ3) is 6.70. The Labute approximate surface area is 205 Å². The molecule has 5 nitrogen and oxygen atoms in total. The molecule has 3 rings (SSSR count). The van der Waals surface area contributed by atoms with Crippen molar-refractivity contribution in [1.29, 1.82) is 0 Å². The number of rotatable bonds is 9. The van der Waals surface area contributed by atoms with Crippen molar-refractivity contribution in [2.24, 2.45) is 0 Å². The molecule has 1 aromatic heterocycles. The second-order valence-electron chi connectivity index (χ2n) is 7.76. The van der Waals surface area contributed by atoms with Crippen LogP contribution in [0.25, 0.3) is 0 Å². The zero-order chi connectivity index (χ0) is 25.6. The minimum Gasteiger partial charge on any atom is -0.495 e. The maximum atomic E-state index is 13.3. The van der Waals surface area contributed by atoms with Crippen molar-refractivity contribution in [1.82, 2.24) is 15.6 Å². The van der Waals surface area contributed by atoms with Gasteiger partial charge in [-0.3, -0.25) is 9.78 Å². The normalized spacial score (nSPS) is 13.2. The fourth-order valence-corrected chi connectivity index (χ4v) is 3.93. The zero-order valence-electron chi connectivity index (χ0n) is 19.0. The fourth-order valence-electron chi connectivity index (χ4n) is 3.73. The Bertz CT molecular complexity index is 1140. The quantitative estimate of drug-likeness (QED) is 0.374. The van der Waals surface area contributed by atoms with Gasteiger partial charge >= 0.3 is 6.18 Å². The van der Waals surface area contributed by atoms with Crippen molar-refractivity contribution >= 4 is 17.5 Å². The number of carbonyl (C=O) groups is 1. The van der Waals surface area contributed by atoms with E-state index in [9.17, 15) is 22.4 Å². The summed E-state index contributed by atoms with van der Waals surface area (Å²) in [6.45, 7) is 0.312. The van der Waals surface area contributed by atoms with Gasteiger partial charge < -0.3 is 15.4 Å². The number of nitrogens with zero attached hydrogens (tertiary/aromatic N) is 1. The number of pyridine rings is 1. The predicted molar refractivity (Wildman–Crippen MR) is 125 cm³/mol. The summed E-state index contributed by atoms with van der Waals surface area (Å²) in [5.74, 6) is -0.674. The number of aromatic nitrogens is 1. The van der Waals surface area contributed by atoms with E-state index in [1.807, 2.05) is 0 Å². The Kier molecular flexibility index (Phi) is 8.69. The number of halogens is 5. The van der Waals surface area contributed by atoms with Crippen molar-refractivity contribution in [3.63, 3.8) is 0 Å². The summed E-state index contributed by atoms with van der Waals surface area (Å²) in [6, 6.07) is 12.3. The molecule has 2 atom stereocenters. The molecule has 0 aliphatic rings. The summed E-state index contributed by atoms with van der Waals surface area (Å²) < 4.78 is 57.7. The van der Waals surface area contributed by atoms with Crippen molar-refractivity contribution < 1.29 is 27.1 Å². The van der Waals surface area contributed by atoms with Gasteiger partial charge in [-0.15, -0.1) is 0 Å². The van der Waals surface area contributed by atoms with E-state index >= 15 is 0 Å². The molecule has 10 heteroatoms. The number of likely N-dealkylation sites (N-methyl/N-ethyl adjacent to an activating group) is 1. The molecule has 2 aromatic carbocycles. The van der Waals surface area contributed by atoms with Crippen LogP contribution in [0, 0.1) is 5.82 Å². The van der Waals surface area contributed by atoms with Crippen LogP contribution in [0.4, 0.5) is 17.6 Å². The predicted octanol–water partition coefficient (Wildman–Crippen LogP) is 5.50. The van der Waals surface area contributed by atoms with Gasteiger partial charge in [-0.2, -0.15) is 13.2 Å². The Hall–Kier alpha value is -3.17. The first kappa shape index (κ1) is 26.4. The lowest BCUT2D eigenvalue weighted by molar-refractivity contribution is -0.141. The number of hydrogen-bond donors (Lipinski definition) is 2. The highest BCUT2D eigenvalue weighted by atomic mass is 35.5. The molecule has 186 valence electrons. The lowest BCUT2D eigenvalue weighted by Gasteiger charge is -2.22. The first-order valence-corrected chi connectivity index (χ1v) is 11.1. The molecule has 35 heavy (non-hydrogen) atoms. The van der Waals surface area contributed by atoms with E-state index in [0.29, 0.717) is 34.9 Å². The molecule has 0 unspecified atom stereocenters. The topological polar surface area (TPSA) is 63.2 Å². The molecule has 0 radical (unpaired) electrons. The second-order valence-corrected chi connectivity index (χ2v) is 8.17. The Morgan fingerprint density at radius 1 is 1.06 bits per heavy atom. The molecule has 0 saturated heterocycles. The Balaban J connectivity index is 1.87. The van der Waals surface area contributed by atoms with Crippen LogP contribution in [0.1, 0.15) is 40.8 Å². The number of alkyl halides is 3. The first-order chi connectivity index (χ1) is 16.6. The molecule has 3 aromatic rings.